The second-order valence-corrected chi connectivity index (χ2v) is 4.39. The lowest BCUT2D eigenvalue weighted by Crippen LogP contribution is -1.95. The average molecular weight is 252 g/mol. The van der Waals surface area contributed by atoms with Gasteiger partial charge in [0.2, 0.25) is 0 Å². The standard InChI is InChI=1S/C15H12N2O2/c1-17-9-11(15(18)19)14-13(17)8-7-12(16-14)10-5-3-2-4-6-10/h2-9H,1H3,(H,18,19). The molecule has 2 aromatic heterocycles. The van der Waals surface area contributed by atoms with Crippen molar-refractivity contribution in [1.29, 1.82) is 0 Å². The van der Waals surface area contributed by atoms with Crippen LogP contribution in [0.1, 0.15) is 10.4 Å². The molecule has 94 valence electrons. The summed E-state index contributed by atoms with van der Waals surface area (Å²) in [6, 6.07) is 13.5. The molecule has 0 saturated heterocycles. The molecule has 0 aliphatic carbocycles. The van der Waals surface area contributed by atoms with Gasteiger partial charge in [-0.1, -0.05) is 30.3 Å². The number of aryl methyl sites for hydroxylation is 1. The lowest BCUT2D eigenvalue weighted by atomic mass is 10.1. The fourth-order valence-electron chi connectivity index (χ4n) is 2.19. The highest BCUT2D eigenvalue weighted by Crippen LogP contribution is 2.24. The van der Waals surface area contributed by atoms with Gasteiger partial charge in [-0.2, -0.15) is 0 Å². The number of hydrogen-bond donors (Lipinski definition) is 1. The summed E-state index contributed by atoms with van der Waals surface area (Å²) in [5.74, 6) is -0.955. The lowest BCUT2D eigenvalue weighted by Gasteiger charge is -2.02. The van der Waals surface area contributed by atoms with E-state index in [-0.39, 0.29) is 5.56 Å². The molecule has 0 bridgehead atoms. The van der Waals surface area contributed by atoms with E-state index in [4.69, 9.17) is 0 Å². The fourth-order valence-corrected chi connectivity index (χ4v) is 2.19. The van der Waals surface area contributed by atoms with Crippen LogP contribution in [0.3, 0.4) is 0 Å². The number of aromatic nitrogens is 2. The second-order valence-electron chi connectivity index (χ2n) is 4.39. The summed E-state index contributed by atoms with van der Waals surface area (Å²) in [5, 5.41) is 9.20. The number of carboxylic acids is 1. The molecule has 0 atom stereocenters. The number of hydrogen-bond acceptors (Lipinski definition) is 2. The van der Waals surface area contributed by atoms with E-state index in [1.165, 1.54) is 0 Å². The maximum absolute atomic E-state index is 11.2. The molecule has 0 amide bonds. The smallest absolute Gasteiger partial charge is 0.339 e. The fraction of sp³-hybridized carbons (Fsp3) is 0.0667. The Bertz CT molecular complexity index is 760. The van der Waals surface area contributed by atoms with E-state index in [1.807, 2.05) is 49.5 Å². The van der Waals surface area contributed by atoms with E-state index >= 15 is 0 Å². The van der Waals surface area contributed by atoms with Crippen LogP contribution in [0.4, 0.5) is 0 Å². The maximum Gasteiger partial charge on any atom is 0.339 e. The molecule has 3 aromatic rings. The predicted octanol–water partition coefficient (Wildman–Crippen LogP) is 2.94. The van der Waals surface area contributed by atoms with Gasteiger partial charge in [-0.3, -0.25) is 0 Å². The Labute approximate surface area is 109 Å². The van der Waals surface area contributed by atoms with Crippen molar-refractivity contribution < 1.29 is 9.90 Å². The van der Waals surface area contributed by atoms with Crippen LogP contribution in [0.2, 0.25) is 0 Å². The molecule has 0 fully saturated rings. The normalized spacial score (nSPS) is 10.8. The summed E-state index contributed by atoms with van der Waals surface area (Å²) >= 11 is 0. The first-order chi connectivity index (χ1) is 9.16. The molecule has 0 radical (unpaired) electrons. The van der Waals surface area contributed by atoms with Gasteiger partial charge in [0.15, 0.2) is 0 Å². The van der Waals surface area contributed by atoms with Crippen LogP contribution in [-0.4, -0.2) is 20.6 Å². The van der Waals surface area contributed by atoms with Crippen LogP contribution >= 0.6 is 0 Å². The van der Waals surface area contributed by atoms with Crippen LogP contribution < -0.4 is 0 Å². The van der Waals surface area contributed by atoms with E-state index < -0.39 is 5.97 Å². The Balaban J connectivity index is 2.25. The summed E-state index contributed by atoms with van der Waals surface area (Å²) < 4.78 is 1.78. The minimum Gasteiger partial charge on any atom is -0.478 e. The molecule has 4 heteroatoms. The average Bonchev–Trinajstić information content (AvgIpc) is 2.77. The van der Waals surface area contributed by atoms with Crippen molar-refractivity contribution in [2.24, 2.45) is 7.05 Å². The zero-order valence-electron chi connectivity index (χ0n) is 10.4. The van der Waals surface area contributed by atoms with Crippen LogP contribution in [0, 0.1) is 0 Å². The monoisotopic (exact) mass is 252 g/mol. The van der Waals surface area contributed by atoms with Crippen molar-refractivity contribution in [3.05, 3.63) is 54.2 Å². The Morgan fingerprint density at radius 2 is 1.89 bits per heavy atom. The highest BCUT2D eigenvalue weighted by Gasteiger charge is 2.14. The predicted molar refractivity (Wildman–Crippen MR) is 73.1 cm³/mol. The van der Waals surface area contributed by atoms with Crippen LogP contribution in [0.5, 0.6) is 0 Å². The van der Waals surface area contributed by atoms with Gasteiger partial charge in [-0.15, -0.1) is 0 Å². The molecule has 2 heterocycles. The van der Waals surface area contributed by atoms with Gasteiger partial charge in [-0.05, 0) is 12.1 Å². The highest BCUT2D eigenvalue weighted by atomic mass is 16.4. The Morgan fingerprint density at radius 3 is 2.58 bits per heavy atom. The minimum atomic E-state index is -0.955. The van der Waals surface area contributed by atoms with E-state index in [1.54, 1.807) is 10.8 Å². The molecule has 0 aliphatic rings. The number of benzene rings is 1. The van der Waals surface area contributed by atoms with Gasteiger partial charge in [-0.25, -0.2) is 9.78 Å². The van der Waals surface area contributed by atoms with Crippen molar-refractivity contribution in [2.45, 2.75) is 0 Å². The van der Waals surface area contributed by atoms with E-state index in [0.717, 1.165) is 16.8 Å². The molecule has 19 heavy (non-hydrogen) atoms. The number of carboxylic acid groups (broad SMARTS) is 1. The number of fused-ring (bicyclic) bond motifs is 1. The summed E-state index contributed by atoms with van der Waals surface area (Å²) in [6.45, 7) is 0. The topological polar surface area (TPSA) is 55.1 Å². The van der Waals surface area contributed by atoms with Crippen LogP contribution in [0.25, 0.3) is 22.3 Å². The number of rotatable bonds is 2. The second kappa shape index (κ2) is 4.24. The molecule has 1 N–H and O–H groups in total. The first-order valence-corrected chi connectivity index (χ1v) is 5.91. The van der Waals surface area contributed by atoms with Gasteiger partial charge < -0.3 is 9.67 Å². The van der Waals surface area contributed by atoms with Gasteiger partial charge in [0.1, 0.15) is 11.1 Å². The van der Waals surface area contributed by atoms with E-state index in [2.05, 4.69) is 4.98 Å². The van der Waals surface area contributed by atoms with Gasteiger partial charge in [0, 0.05) is 18.8 Å². The number of nitrogens with zero attached hydrogens (tertiary/aromatic N) is 2. The Morgan fingerprint density at radius 1 is 1.16 bits per heavy atom. The van der Waals surface area contributed by atoms with Gasteiger partial charge in [0.05, 0.1) is 11.2 Å². The third kappa shape index (κ3) is 1.87. The van der Waals surface area contributed by atoms with Crippen LogP contribution in [-0.2, 0) is 7.05 Å². The first kappa shape index (κ1) is 11.5. The molecule has 0 unspecified atom stereocenters. The Kier molecular flexibility index (Phi) is 2.56. The SMILES string of the molecule is Cn1cc(C(=O)O)c2nc(-c3ccccc3)ccc21. The molecule has 0 saturated carbocycles. The van der Waals surface area contributed by atoms with Gasteiger partial charge in [0.25, 0.3) is 0 Å². The summed E-state index contributed by atoms with van der Waals surface area (Å²) in [5.41, 5.74) is 3.33. The molecule has 0 spiro atoms. The van der Waals surface area contributed by atoms with E-state index in [9.17, 15) is 9.90 Å². The minimum absolute atomic E-state index is 0.232. The molecule has 3 rings (SSSR count). The van der Waals surface area contributed by atoms with Crippen molar-refractivity contribution in [3.8, 4) is 11.3 Å². The summed E-state index contributed by atoms with van der Waals surface area (Å²) in [4.78, 5) is 15.7. The van der Waals surface area contributed by atoms with Crippen LogP contribution in [0.15, 0.2) is 48.7 Å². The number of aromatic carboxylic acids is 1. The lowest BCUT2D eigenvalue weighted by molar-refractivity contribution is 0.0698. The maximum atomic E-state index is 11.2. The molecule has 4 nitrogen and oxygen atoms in total. The highest BCUT2D eigenvalue weighted by molar-refractivity contribution is 6.02. The quantitative estimate of drug-likeness (QED) is 0.763. The molecule has 0 aliphatic heterocycles. The Hall–Kier alpha value is -2.62. The third-order valence-corrected chi connectivity index (χ3v) is 3.13. The third-order valence-electron chi connectivity index (χ3n) is 3.13. The molecular formula is C15H12N2O2. The molecular weight excluding hydrogens is 240 g/mol. The van der Waals surface area contributed by atoms with E-state index in [0.29, 0.717) is 5.52 Å². The largest absolute Gasteiger partial charge is 0.478 e. The summed E-state index contributed by atoms with van der Waals surface area (Å²) in [7, 11) is 1.82. The summed E-state index contributed by atoms with van der Waals surface area (Å²) in [6.07, 6.45) is 1.59. The molecule has 1 aromatic carbocycles. The van der Waals surface area contributed by atoms with Gasteiger partial charge >= 0.3 is 5.97 Å². The zero-order valence-corrected chi connectivity index (χ0v) is 10.4. The van der Waals surface area contributed by atoms with Crippen molar-refractivity contribution in [2.75, 3.05) is 0 Å². The first-order valence-electron chi connectivity index (χ1n) is 5.91. The van der Waals surface area contributed by atoms with Crippen molar-refractivity contribution in [1.82, 2.24) is 9.55 Å². The zero-order chi connectivity index (χ0) is 13.4. The number of carbonyl (C=O) groups is 1. The van der Waals surface area contributed by atoms with Crippen molar-refractivity contribution >= 4 is 17.0 Å². The number of pyridine rings is 1. The van der Waals surface area contributed by atoms with Crippen molar-refractivity contribution in [3.63, 3.8) is 0 Å².